The molecule has 0 bridgehead atoms. The van der Waals surface area contributed by atoms with Gasteiger partial charge in [0.15, 0.2) is 0 Å². The molecule has 0 spiro atoms. The summed E-state index contributed by atoms with van der Waals surface area (Å²) in [5.41, 5.74) is -0.512. The molecule has 0 unspecified atom stereocenters. The van der Waals surface area contributed by atoms with E-state index in [4.69, 9.17) is 47.4 Å². The molecule has 0 fully saturated rings. The average Bonchev–Trinajstić information content (AvgIpc) is 2.92. The van der Waals surface area contributed by atoms with E-state index in [0.717, 1.165) is 0 Å². The van der Waals surface area contributed by atoms with Gasteiger partial charge in [-0.3, -0.25) is 4.79 Å². The number of hydrogen-bond donors (Lipinski definition) is 1. The number of hydrogen-bond acceptors (Lipinski definition) is 13. The molecule has 0 atom stereocenters. The van der Waals surface area contributed by atoms with E-state index in [-0.39, 0.29) is 12.4 Å². The van der Waals surface area contributed by atoms with Gasteiger partial charge in [0, 0.05) is 6.54 Å². The Bertz CT molecular complexity index is 590. The highest BCUT2D eigenvalue weighted by Crippen LogP contribution is 2.06. The summed E-state index contributed by atoms with van der Waals surface area (Å²) in [6, 6.07) is 0. The maximum absolute atomic E-state index is 11.5. The second kappa shape index (κ2) is 29.9. The maximum atomic E-state index is 11.5. The number of esters is 1. The number of alkyl carbamates (subject to hydrolysis) is 1. The molecule has 14 heteroatoms. The summed E-state index contributed by atoms with van der Waals surface area (Å²) >= 11 is 0. The molecule has 14 nitrogen and oxygen atoms in total. The van der Waals surface area contributed by atoms with Crippen LogP contribution in [0.25, 0.3) is 0 Å². The first kappa shape index (κ1) is 39.4. The molecule has 0 rings (SSSR count). The van der Waals surface area contributed by atoms with E-state index in [9.17, 15) is 9.59 Å². The fourth-order valence-corrected chi connectivity index (χ4v) is 2.66. The molecule has 0 saturated heterocycles. The molecule has 0 radical (unpaired) electrons. The van der Waals surface area contributed by atoms with Crippen molar-refractivity contribution in [2.24, 2.45) is 0 Å². The van der Waals surface area contributed by atoms with Crippen molar-refractivity contribution in [2.45, 2.75) is 32.8 Å². The van der Waals surface area contributed by atoms with Gasteiger partial charge in [-0.2, -0.15) is 0 Å². The Morgan fingerprint density at radius 1 is 0.488 bits per heavy atom. The van der Waals surface area contributed by atoms with Gasteiger partial charge >= 0.3 is 12.1 Å². The first-order chi connectivity index (χ1) is 19.8. The van der Waals surface area contributed by atoms with Gasteiger partial charge in [-0.05, 0) is 20.8 Å². The zero-order valence-electron chi connectivity index (χ0n) is 25.4. The molecule has 244 valence electrons. The number of methoxy groups -OCH3 is 1. The highest BCUT2D eigenvalue weighted by molar-refractivity contribution is 5.69. The van der Waals surface area contributed by atoms with Crippen molar-refractivity contribution in [1.29, 1.82) is 0 Å². The van der Waals surface area contributed by atoms with Crippen LogP contribution in [0, 0.1) is 0 Å². The van der Waals surface area contributed by atoms with E-state index in [1.54, 1.807) is 0 Å². The van der Waals surface area contributed by atoms with Crippen molar-refractivity contribution in [2.75, 3.05) is 133 Å². The summed E-state index contributed by atoms with van der Waals surface area (Å²) in [5.74, 6) is -0.289. The maximum Gasteiger partial charge on any atom is 0.407 e. The lowest BCUT2D eigenvalue weighted by Gasteiger charge is -2.19. The summed E-state index contributed by atoms with van der Waals surface area (Å²) in [5, 5.41) is 2.62. The van der Waals surface area contributed by atoms with Crippen molar-refractivity contribution in [3.63, 3.8) is 0 Å². The Hall–Kier alpha value is -1.62. The van der Waals surface area contributed by atoms with Crippen LogP contribution in [0.15, 0.2) is 0 Å². The lowest BCUT2D eigenvalue weighted by molar-refractivity contribution is -0.141. The van der Waals surface area contributed by atoms with Crippen molar-refractivity contribution >= 4 is 12.1 Å². The Kier molecular flexibility index (Phi) is 28.7. The highest BCUT2D eigenvalue weighted by atomic mass is 16.6. The van der Waals surface area contributed by atoms with Crippen LogP contribution < -0.4 is 5.32 Å². The standard InChI is InChI=1S/C27H53NO13/c1-27(2,3)41-26(30)28-6-8-33-10-12-35-14-16-37-18-20-39-22-24-40-23-21-38-19-17-36-15-13-34-11-9-32-7-5-25(29)31-4/h5-24H2,1-4H3,(H,28,30). The average molecular weight is 600 g/mol. The topological polar surface area (TPSA) is 148 Å². The molecule has 41 heavy (non-hydrogen) atoms. The third kappa shape index (κ3) is 34.5. The van der Waals surface area contributed by atoms with E-state index in [1.165, 1.54) is 7.11 Å². The van der Waals surface area contributed by atoms with Gasteiger partial charge < -0.3 is 57.4 Å². The number of nitrogens with one attached hydrogen (secondary N) is 1. The minimum absolute atomic E-state index is 0.242. The van der Waals surface area contributed by atoms with E-state index >= 15 is 0 Å². The zero-order valence-corrected chi connectivity index (χ0v) is 25.4. The first-order valence-electron chi connectivity index (χ1n) is 14.1. The summed E-state index contributed by atoms with van der Waals surface area (Å²) < 4.78 is 58.2. The zero-order chi connectivity index (χ0) is 30.3. The summed E-state index contributed by atoms with van der Waals surface area (Å²) in [7, 11) is 1.35. The minimum Gasteiger partial charge on any atom is -0.469 e. The number of carbonyl (C=O) groups excluding carboxylic acids is 2. The van der Waals surface area contributed by atoms with E-state index < -0.39 is 11.7 Å². The molecule has 0 aromatic rings. The smallest absolute Gasteiger partial charge is 0.407 e. The van der Waals surface area contributed by atoms with Crippen LogP contribution in [-0.2, 0) is 56.9 Å². The Morgan fingerprint density at radius 2 is 0.780 bits per heavy atom. The molecule has 0 heterocycles. The summed E-state index contributed by atoms with van der Waals surface area (Å²) in [6.45, 7) is 14.1. The summed E-state index contributed by atoms with van der Waals surface area (Å²) in [4.78, 5) is 22.4. The predicted octanol–water partition coefficient (Wildman–Crippen LogP) is 1.22. The Balaban J connectivity index is 3.11. The normalized spacial score (nSPS) is 11.5. The molecular weight excluding hydrogens is 546 g/mol. The largest absolute Gasteiger partial charge is 0.469 e. The van der Waals surface area contributed by atoms with E-state index in [1.807, 2.05) is 20.8 Å². The second-order valence-electron chi connectivity index (χ2n) is 9.27. The van der Waals surface area contributed by atoms with Gasteiger partial charge in [0.2, 0.25) is 0 Å². The van der Waals surface area contributed by atoms with Gasteiger partial charge in [-0.15, -0.1) is 0 Å². The number of rotatable bonds is 30. The van der Waals surface area contributed by atoms with Crippen molar-refractivity contribution in [3.8, 4) is 0 Å². The molecule has 1 N–H and O–H groups in total. The van der Waals surface area contributed by atoms with Crippen LogP contribution >= 0.6 is 0 Å². The van der Waals surface area contributed by atoms with Gasteiger partial charge in [0.1, 0.15) is 5.60 Å². The Labute approximate surface area is 244 Å². The second-order valence-corrected chi connectivity index (χ2v) is 9.27. The number of amides is 1. The van der Waals surface area contributed by atoms with Gasteiger partial charge in [0.25, 0.3) is 0 Å². The van der Waals surface area contributed by atoms with E-state index in [2.05, 4.69) is 10.1 Å². The van der Waals surface area contributed by atoms with E-state index in [0.29, 0.717) is 125 Å². The van der Waals surface area contributed by atoms with Crippen LogP contribution in [0.4, 0.5) is 4.79 Å². The van der Waals surface area contributed by atoms with Crippen LogP contribution in [0.1, 0.15) is 27.2 Å². The van der Waals surface area contributed by atoms with Crippen LogP contribution in [0.3, 0.4) is 0 Å². The molecule has 0 aromatic heterocycles. The van der Waals surface area contributed by atoms with Gasteiger partial charge in [0.05, 0.1) is 132 Å². The monoisotopic (exact) mass is 599 g/mol. The van der Waals surface area contributed by atoms with Crippen LogP contribution in [-0.4, -0.2) is 150 Å². The SMILES string of the molecule is COC(=O)CCOCCOCCOCCOCCOCCOCCOCCOCCOCCNC(=O)OC(C)(C)C. The third-order valence-electron chi connectivity index (χ3n) is 4.57. The molecule has 0 aromatic carbocycles. The lowest BCUT2D eigenvalue weighted by atomic mass is 10.2. The molecule has 0 saturated carbocycles. The molecule has 0 aliphatic heterocycles. The highest BCUT2D eigenvalue weighted by Gasteiger charge is 2.15. The van der Waals surface area contributed by atoms with Gasteiger partial charge in [-0.25, -0.2) is 4.79 Å². The van der Waals surface area contributed by atoms with Crippen LogP contribution in [0.2, 0.25) is 0 Å². The first-order valence-corrected chi connectivity index (χ1v) is 14.1. The molecule has 0 aliphatic carbocycles. The predicted molar refractivity (Wildman–Crippen MR) is 148 cm³/mol. The third-order valence-corrected chi connectivity index (χ3v) is 4.57. The number of ether oxygens (including phenoxy) is 11. The molecule has 1 amide bonds. The summed E-state index contributed by atoms with van der Waals surface area (Å²) in [6.07, 6.45) is -0.213. The number of carbonyl (C=O) groups is 2. The quantitative estimate of drug-likeness (QED) is 0.0933. The molecular formula is C27H53NO13. The van der Waals surface area contributed by atoms with Crippen LogP contribution in [0.5, 0.6) is 0 Å². The minimum atomic E-state index is -0.512. The van der Waals surface area contributed by atoms with Crippen molar-refractivity contribution < 1.29 is 61.7 Å². The molecule has 0 aliphatic rings. The Morgan fingerprint density at radius 3 is 1.07 bits per heavy atom. The fraction of sp³-hybridized carbons (Fsp3) is 0.926. The fourth-order valence-electron chi connectivity index (χ4n) is 2.66. The van der Waals surface area contributed by atoms with Crippen molar-refractivity contribution in [3.05, 3.63) is 0 Å². The lowest BCUT2D eigenvalue weighted by Crippen LogP contribution is -2.34. The van der Waals surface area contributed by atoms with Crippen molar-refractivity contribution in [1.82, 2.24) is 5.32 Å². The van der Waals surface area contributed by atoms with Gasteiger partial charge in [-0.1, -0.05) is 0 Å².